The topological polar surface area (TPSA) is 339 Å². The Bertz CT molecular complexity index is 467. The molecule has 14 N–H and O–H groups in total. The fourth-order valence-electron chi connectivity index (χ4n) is 1.19. The van der Waals surface area contributed by atoms with Crippen molar-refractivity contribution in [1.82, 2.24) is 0 Å². The molecule has 0 aromatic heterocycles. The molecule has 0 aromatic carbocycles. The maximum atomic E-state index is 10.1. The van der Waals surface area contributed by atoms with E-state index < -0.39 is 69.7 Å². The fourth-order valence-corrected chi connectivity index (χ4v) is 13.6. The minimum absolute atomic E-state index is 0. The van der Waals surface area contributed by atoms with E-state index in [-0.39, 0.29) is 11.0 Å². The lowest BCUT2D eigenvalue weighted by Gasteiger charge is -2.32. The summed E-state index contributed by atoms with van der Waals surface area (Å²) in [6.07, 6.45) is 0. The average Bonchev–Trinajstić information content (AvgIpc) is 2.41. The van der Waals surface area contributed by atoms with Gasteiger partial charge in [0.2, 0.25) is 0 Å². The van der Waals surface area contributed by atoms with Crippen LogP contribution in [0.25, 0.3) is 0 Å². The third-order valence-electron chi connectivity index (χ3n) is 2.09. The average molecular weight is 590 g/mol. The van der Waals surface area contributed by atoms with Crippen LogP contribution in [0.4, 0.5) is 0 Å². The number of rotatable bonds is 14. The van der Waals surface area contributed by atoms with Crippen LogP contribution in [0.3, 0.4) is 0 Å². The Kier molecular flexibility index (Phi) is 15.6. The summed E-state index contributed by atoms with van der Waals surface area (Å²) >= 11 is -2.29. The summed E-state index contributed by atoms with van der Waals surface area (Å²) in [4.78, 5) is 95.3. The first-order valence-corrected chi connectivity index (χ1v) is 19.3. The van der Waals surface area contributed by atoms with Gasteiger partial charge in [0.25, 0.3) is 0 Å². The summed E-state index contributed by atoms with van der Waals surface area (Å²) in [5.74, 6) is 0. The molecule has 0 saturated carbocycles. The van der Waals surface area contributed by atoms with Crippen molar-refractivity contribution in [1.29, 1.82) is 0 Å². The number of hydrogen-bond acceptors (Lipinski definition) is 18. The van der Waals surface area contributed by atoms with Crippen molar-refractivity contribution in [3.05, 3.63) is 0 Å². The first-order valence-electron chi connectivity index (χ1n) is 6.97. The Morgan fingerprint density at radius 1 is 0.516 bits per heavy atom. The smallest absolute Gasteiger partial charge is 0.465 e. The van der Waals surface area contributed by atoms with Gasteiger partial charge >= 0.3 is 69.7 Å². The monoisotopic (exact) mass is 589 g/mol. The summed E-state index contributed by atoms with van der Waals surface area (Å²) in [6.45, 7) is 1.45. The van der Waals surface area contributed by atoms with Gasteiger partial charge in [0.05, 0.1) is 0 Å². The van der Waals surface area contributed by atoms with E-state index in [2.05, 4.69) is 32.3 Å². The molecule has 0 aromatic rings. The summed E-state index contributed by atoms with van der Waals surface area (Å²) in [7, 11) is -28.4. The molecule has 2 unspecified atom stereocenters. The van der Waals surface area contributed by atoms with Crippen molar-refractivity contribution in [3.63, 3.8) is 0 Å². The van der Waals surface area contributed by atoms with Gasteiger partial charge in [-0.2, -0.15) is 0 Å². The Morgan fingerprint density at radius 2 is 0.774 bits per heavy atom. The zero-order chi connectivity index (χ0) is 23.4. The molecule has 0 spiro atoms. The fraction of sp³-hybridized carbons (Fsp3) is 1.00. The first-order chi connectivity index (χ1) is 12.7. The molecule has 0 aliphatic carbocycles. The Labute approximate surface area is 188 Å². The van der Waals surface area contributed by atoms with Crippen LogP contribution >= 0.6 is 0 Å². The maximum Gasteiger partial charge on any atom is 0.668 e. The van der Waals surface area contributed by atoms with Gasteiger partial charge in [-0.15, -0.1) is 0 Å². The maximum absolute atomic E-state index is 10.1. The largest absolute Gasteiger partial charge is 0.668 e. The highest BCUT2D eigenvalue weighted by molar-refractivity contribution is 6.78. The second-order valence-corrected chi connectivity index (χ2v) is 19.3. The van der Waals surface area contributed by atoms with E-state index in [0.29, 0.717) is 0 Å². The van der Waals surface area contributed by atoms with Crippen LogP contribution in [0.1, 0.15) is 0 Å². The SMILES string of the molecule is CO[Si](O)(O)O[Si](O)([O][Al][O][Si](O)(O[Si](C)(O)O)O[Si](O)(O)OC)O[Si](C)(O)O.O.O. The molecule has 0 rings (SSSR count). The van der Waals surface area contributed by atoms with Gasteiger partial charge in [0.15, 0.2) is 0 Å². The zero-order valence-corrected chi connectivity index (χ0v) is 23.5. The third kappa shape index (κ3) is 17.2. The summed E-state index contributed by atoms with van der Waals surface area (Å²) in [5.41, 5.74) is 0. The van der Waals surface area contributed by atoms with Crippen molar-refractivity contribution in [3.8, 4) is 0 Å². The predicted molar refractivity (Wildman–Crippen MR) is 102 cm³/mol. The van der Waals surface area contributed by atoms with Crippen LogP contribution in [-0.4, -0.2) is 143 Å². The van der Waals surface area contributed by atoms with Crippen LogP contribution in [0.2, 0.25) is 13.1 Å². The molecule has 0 bridgehead atoms. The van der Waals surface area contributed by atoms with Crippen LogP contribution in [0, 0.1) is 0 Å². The highest BCUT2D eigenvalue weighted by Gasteiger charge is 2.59. The normalized spacial score (nSPS) is 17.1. The molecular weight excluding hydrogens is 564 g/mol. The lowest BCUT2D eigenvalue weighted by atomic mass is 11.8. The summed E-state index contributed by atoms with van der Waals surface area (Å²) < 4.78 is 35.2. The highest BCUT2D eigenvalue weighted by Crippen LogP contribution is 2.18. The van der Waals surface area contributed by atoms with Gasteiger partial charge in [-0.1, -0.05) is 0 Å². The van der Waals surface area contributed by atoms with Crippen molar-refractivity contribution in [2.24, 2.45) is 0 Å². The molecule has 189 valence electrons. The lowest BCUT2D eigenvalue weighted by Crippen LogP contribution is -2.65. The second-order valence-electron chi connectivity index (χ2n) is 5.16. The third-order valence-corrected chi connectivity index (χ3v) is 15.7. The molecule has 1 radical (unpaired) electrons. The van der Waals surface area contributed by atoms with Crippen LogP contribution in [-0.2, 0) is 32.3 Å². The van der Waals surface area contributed by atoms with Crippen molar-refractivity contribution in [2.45, 2.75) is 13.1 Å². The minimum atomic E-state index is -5.31. The zero-order valence-electron chi connectivity index (χ0n) is 16.3. The molecular formula is C4H26AlO20Si6. The molecule has 0 fully saturated rings. The molecule has 2 atom stereocenters. The molecule has 0 amide bonds. The van der Waals surface area contributed by atoms with E-state index in [1.165, 1.54) is 0 Å². The van der Waals surface area contributed by atoms with Gasteiger partial charge < -0.3 is 91.2 Å². The molecule has 0 aliphatic rings. The summed E-state index contributed by atoms with van der Waals surface area (Å²) in [5, 5.41) is 0. The highest BCUT2D eigenvalue weighted by atomic mass is 28.5. The quantitative estimate of drug-likeness (QED) is 0.0840. The second kappa shape index (κ2) is 13.2. The molecule has 0 saturated heterocycles. The van der Waals surface area contributed by atoms with Gasteiger partial charge in [0.1, 0.15) is 0 Å². The Morgan fingerprint density at radius 3 is 0.968 bits per heavy atom. The molecule has 0 aliphatic heterocycles. The van der Waals surface area contributed by atoms with E-state index in [1.54, 1.807) is 0 Å². The van der Waals surface area contributed by atoms with Gasteiger partial charge in [-0.25, -0.2) is 0 Å². The van der Waals surface area contributed by atoms with E-state index in [1.807, 2.05) is 0 Å². The predicted octanol–water partition coefficient (Wildman–Crippen LogP) is -8.93. The van der Waals surface area contributed by atoms with E-state index in [4.69, 9.17) is 0 Å². The van der Waals surface area contributed by atoms with E-state index >= 15 is 0 Å². The van der Waals surface area contributed by atoms with Crippen LogP contribution in [0.15, 0.2) is 0 Å². The van der Waals surface area contributed by atoms with E-state index in [9.17, 15) is 48.0 Å². The molecule has 27 heteroatoms. The summed E-state index contributed by atoms with van der Waals surface area (Å²) in [6, 6.07) is 0. The molecule has 31 heavy (non-hydrogen) atoms. The number of hydrogen-bond donors (Lipinski definition) is 10. The standard InChI is InChI=1S/2C2H11O9Si3.Al.2H2O/c2*1-9-13(5,6)11-14(7,8)10-12(2,3)4;;;/h2*3-7H,1-2H3;;2*1H2/q2*-1;+2;;. The van der Waals surface area contributed by atoms with E-state index in [0.717, 1.165) is 27.3 Å². The van der Waals surface area contributed by atoms with Crippen LogP contribution < -0.4 is 0 Å². The first kappa shape index (κ1) is 36.6. The van der Waals surface area contributed by atoms with Crippen molar-refractivity contribution >= 4 is 69.7 Å². The van der Waals surface area contributed by atoms with Gasteiger partial charge in [-0.3, -0.25) is 0 Å². The van der Waals surface area contributed by atoms with Gasteiger partial charge in [-0.05, 0) is 0 Å². The Hall–Kier alpha value is 1.03. The minimum Gasteiger partial charge on any atom is -0.465 e. The lowest BCUT2D eigenvalue weighted by molar-refractivity contribution is 0.0135. The molecule has 20 nitrogen and oxygen atoms in total. The molecule has 0 heterocycles. The van der Waals surface area contributed by atoms with Crippen LogP contribution in [0.5, 0.6) is 0 Å². The van der Waals surface area contributed by atoms with Crippen molar-refractivity contribution in [2.75, 3.05) is 14.2 Å². The van der Waals surface area contributed by atoms with Gasteiger partial charge in [0, 0.05) is 27.3 Å². The van der Waals surface area contributed by atoms with Crippen molar-refractivity contribution < 1.29 is 91.2 Å². The Balaban J connectivity index is -0.00000392.